The fraction of sp³-hybridized carbons (Fsp3) is 0.750. The molecular weight excluding hydrogens is 364 g/mol. The summed E-state index contributed by atoms with van der Waals surface area (Å²) in [7, 11) is 4.90. The molecular formula is C16H28N2O5S2. The average molecular weight is 393 g/mol. The van der Waals surface area contributed by atoms with Gasteiger partial charge in [0.1, 0.15) is 18.6 Å². The smallest absolute Gasteiger partial charge is 0.323 e. The lowest BCUT2D eigenvalue weighted by Crippen LogP contribution is -2.42. The molecule has 0 spiro atoms. The van der Waals surface area contributed by atoms with E-state index in [0.717, 1.165) is 12.0 Å². The van der Waals surface area contributed by atoms with Crippen LogP contribution in [0.15, 0.2) is 11.8 Å². The summed E-state index contributed by atoms with van der Waals surface area (Å²) in [5.74, 6) is 0.738. The predicted octanol–water partition coefficient (Wildman–Crippen LogP) is 1.75. The number of aliphatic hydroxyl groups is 2. The highest BCUT2D eigenvalue weighted by Crippen LogP contribution is 2.35. The Hall–Kier alpha value is -0.740. The van der Waals surface area contributed by atoms with Crippen LogP contribution in [0.1, 0.15) is 33.6 Å². The number of nitrogens with zero attached hydrogens (tertiary/aromatic N) is 1. The number of ether oxygens (including phenoxy) is 1. The normalized spacial score (nSPS) is 24.2. The van der Waals surface area contributed by atoms with Gasteiger partial charge >= 0.3 is 6.03 Å². The molecule has 2 amide bonds. The Morgan fingerprint density at radius 1 is 1.44 bits per heavy atom. The fourth-order valence-electron chi connectivity index (χ4n) is 2.16. The molecule has 0 radical (unpaired) electrons. The van der Waals surface area contributed by atoms with Gasteiger partial charge in [0.25, 0.3) is 0 Å². The zero-order valence-electron chi connectivity index (χ0n) is 15.1. The molecule has 3 atom stereocenters. The number of hydrogen-bond acceptors (Lipinski definition) is 7. The van der Waals surface area contributed by atoms with E-state index in [1.165, 1.54) is 18.1 Å². The molecule has 0 aromatic carbocycles. The highest BCUT2D eigenvalue weighted by Gasteiger charge is 2.38. The topological polar surface area (TPSA) is 99.1 Å². The van der Waals surface area contributed by atoms with Crippen molar-refractivity contribution < 1.29 is 24.5 Å². The lowest BCUT2D eigenvalue weighted by atomic mass is 10.2. The van der Waals surface area contributed by atoms with Crippen molar-refractivity contribution in [2.75, 3.05) is 19.4 Å². The Bertz CT molecular complexity index is 482. The molecule has 25 heavy (non-hydrogen) atoms. The zero-order valence-corrected chi connectivity index (χ0v) is 16.7. The van der Waals surface area contributed by atoms with Crippen LogP contribution in [0.3, 0.4) is 0 Å². The van der Waals surface area contributed by atoms with Crippen molar-refractivity contribution in [2.24, 2.45) is 0 Å². The Balaban J connectivity index is 2.75. The molecule has 1 rings (SSSR count). The Labute approximate surface area is 156 Å². The average Bonchev–Trinajstić information content (AvgIpc) is 2.93. The minimum absolute atomic E-state index is 0.136. The first kappa shape index (κ1) is 22.3. The molecule has 1 fully saturated rings. The maximum absolute atomic E-state index is 12.1. The molecule has 0 bridgehead atoms. The molecule has 144 valence electrons. The summed E-state index contributed by atoms with van der Waals surface area (Å²) in [5.41, 5.74) is 0.469. The molecule has 1 saturated heterocycles. The van der Waals surface area contributed by atoms with Crippen molar-refractivity contribution in [3.8, 4) is 0 Å². The van der Waals surface area contributed by atoms with Crippen LogP contribution in [-0.4, -0.2) is 70.0 Å². The monoisotopic (exact) mass is 392 g/mol. The summed E-state index contributed by atoms with van der Waals surface area (Å²) in [6, 6.07) is -0.438. The van der Waals surface area contributed by atoms with Crippen LogP contribution in [0.2, 0.25) is 0 Å². The van der Waals surface area contributed by atoms with Crippen molar-refractivity contribution >= 4 is 33.9 Å². The maximum atomic E-state index is 12.1. The van der Waals surface area contributed by atoms with Gasteiger partial charge in [0.05, 0.1) is 12.7 Å². The van der Waals surface area contributed by atoms with E-state index in [-0.39, 0.29) is 17.8 Å². The molecule has 0 aromatic heterocycles. The summed E-state index contributed by atoms with van der Waals surface area (Å²) < 4.78 is 5.65. The van der Waals surface area contributed by atoms with E-state index in [1.807, 2.05) is 0 Å². The van der Waals surface area contributed by atoms with Crippen LogP contribution in [0.4, 0.5) is 4.79 Å². The standard InChI is InChI=1S/C16H28N2O5S2/c1-16(2,3)25-24-6-5-11(9-19)8-18(15(22)17-4)14-7-12(21)13(10-20)23-14/h8-9,12-14,20-21H,5-7,10H2,1-4H3,(H,17,22)/b11-8-/t12-,13+,14+/m0/s1. The number of amides is 2. The molecule has 3 N–H and O–H groups in total. The minimum atomic E-state index is -0.853. The van der Waals surface area contributed by atoms with Crippen molar-refractivity contribution in [1.29, 1.82) is 0 Å². The van der Waals surface area contributed by atoms with Gasteiger partial charge in [-0.1, -0.05) is 42.4 Å². The summed E-state index contributed by atoms with van der Waals surface area (Å²) in [5, 5.41) is 21.6. The largest absolute Gasteiger partial charge is 0.394 e. The highest BCUT2D eigenvalue weighted by molar-refractivity contribution is 8.77. The van der Waals surface area contributed by atoms with Crippen LogP contribution in [0, 0.1) is 0 Å². The van der Waals surface area contributed by atoms with E-state index in [2.05, 4.69) is 26.1 Å². The third kappa shape index (κ3) is 7.57. The van der Waals surface area contributed by atoms with Crippen LogP contribution in [0.25, 0.3) is 0 Å². The summed E-state index contributed by atoms with van der Waals surface area (Å²) >= 11 is 0. The van der Waals surface area contributed by atoms with Gasteiger partial charge in [0.2, 0.25) is 0 Å². The molecule has 9 heteroatoms. The lowest BCUT2D eigenvalue weighted by molar-refractivity contribution is -0.105. The van der Waals surface area contributed by atoms with Gasteiger partial charge in [-0.15, -0.1) is 0 Å². The van der Waals surface area contributed by atoms with Crippen molar-refractivity contribution in [3.63, 3.8) is 0 Å². The fourth-order valence-corrected chi connectivity index (χ4v) is 4.48. The minimum Gasteiger partial charge on any atom is -0.394 e. The molecule has 1 heterocycles. The molecule has 0 aromatic rings. The summed E-state index contributed by atoms with van der Waals surface area (Å²) in [4.78, 5) is 24.8. The van der Waals surface area contributed by atoms with Crippen LogP contribution >= 0.6 is 21.6 Å². The molecule has 0 aliphatic carbocycles. The number of aldehydes is 1. The number of carbonyl (C=O) groups excluding carboxylic acids is 2. The van der Waals surface area contributed by atoms with Crippen LogP contribution in [-0.2, 0) is 9.53 Å². The maximum Gasteiger partial charge on any atom is 0.323 e. The summed E-state index contributed by atoms with van der Waals surface area (Å²) in [6.45, 7) is 6.03. The van der Waals surface area contributed by atoms with Gasteiger partial charge in [-0.25, -0.2) is 4.79 Å². The van der Waals surface area contributed by atoms with E-state index in [1.54, 1.807) is 21.6 Å². The van der Waals surface area contributed by atoms with Gasteiger partial charge in [-0.05, 0) is 6.42 Å². The number of hydrogen-bond donors (Lipinski definition) is 3. The van der Waals surface area contributed by atoms with Gasteiger partial charge in [0.15, 0.2) is 0 Å². The third-order valence-corrected chi connectivity index (χ3v) is 6.72. The second kappa shape index (κ2) is 10.4. The predicted molar refractivity (Wildman–Crippen MR) is 101 cm³/mol. The number of rotatable bonds is 8. The Morgan fingerprint density at radius 3 is 2.60 bits per heavy atom. The first-order chi connectivity index (χ1) is 11.7. The number of urea groups is 1. The van der Waals surface area contributed by atoms with Gasteiger partial charge in [-0.2, -0.15) is 0 Å². The number of carbonyl (C=O) groups is 2. The van der Waals surface area contributed by atoms with Crippen LogP contribution in [0.5, 0.6) is 0 Å². The number of allylic oxidation sites excluding steroid dienone is 1. The van der Waals surface area contributed by atoms with Crippen molar-refractivity contribution in [1.82, 2.24) is 10.2 Å². The Morgan fingerprint density at radius 2 is 2.12 bits per heavy atom. The summed E-state index contributed by atoms with van der Waals surface area (Å²) in [6.07, 6.45) is 0.578. The second-order valence-corrected chi connectivity index (χ2v) is 9.91. The van der Waals surface area contributed by atoms with Gasteiger partial charge in [-0.3, -0.25) is 9.69 Å². The van der Waals surface area contributed by atoms with E-state index in [9.17, 15) is 19.8 Å². The molecule has 0 saturated carbocycles. The molecule has 0 unspecified atom stereocenters. The third-order valence-electron chi connectivity index (χ3n) is 3.38. The first-order valence-electron chi connectivity index (χ1n) is 8.12. The van der Waals surface area contributed by atoms with E-state index < -0.39 is 24.5 Å². The zero-order chi connectivity index (χ0) is 19.0. The molecule has 7 nitrogen and oxygen atoms in total. The lowest BCUT2D eigenvalue weighted by Gasteiger charge is -2.25. The quantitative estimate of drug-likeness (QED) is 0.250. The van der Waals surface area contributed by atoms with Crippen molar-refractivity contribution in [2.45, 2.75) is 56.8 Å². The van der Waals surface area contributed by atoms with Gasteiger partial charge < -0.3 is 20.3 Å². The molecule has 1 aliphatic heterocycles. The van der Waals surface area contributed by atoms with Crippen LogP contribution < -0.4 is 5.32 Å². The first-order valence-corrected chi connectivity index (χ1v) is 10.4. The Kier molecular flexibility index (Phi) is 9.29. The molecule has 1 aliphatic rings. The van der Waals surface area contributed by atoms with E-state index in [4.69, 9.17) is 4.74 Å². The van der Waals surface area contributed by atoms with Crippen molar-refractivity contribution in [3.05, 3.63) is 11.8 Å². The number of aliphatic hydroxyl groups excluding tert-OH is 2. The second-order valence-electron chi connectivity index (χ2n) is 6.67. The SMILES string of the molecule is CNC(=O)N(/C=C(\C=O)CCSSC(C)(C)C)[C@H]1C[C@H](O)[C@@H](CO)O1. The number of nitrogens with one attached hydrogen (secondary N) is 1. The highest BCUT2D eigenvalue weighted by atomic mass is 33.1. The van der Waals surface area contributed by atoms with E-state index >= 15 is 0 Å². The van der Waals surface area contributed by atoms with Gasteiger partial charge in [0, 0.05) is 35.7 Å². The van der Waals surface area contributed by atoms with E-state index in [0.29, 0.717) is 12.0 Å².